The van der Waals surface area contributed by atoms with Crippen molar-refractivity contribution in [3.8, 4) is 0 Å². The van der Waals surface area contributed by atoms with Gasteiger partial charge < -0.3 is 10.5 Å². The Morgan fingerprint density at radius 3 is 2.33 bits per heavy atom. The summed E-state index contributed by atoms with van der Waals surface area (Å²) in [6.45, 7) is 3.20. The Labute approximate surface area is 108 Å². The molecule has 0 radical (unpaired) electrons. The van der Waals surface area contributed by atoms with Gasteiger partial charge in [-0.25, -0.2) is 0 Å². The van der Waals surface area contributed by atoms with E-state index < -0.39 is 12.8 Å². The maximum atomic E-state index is 11.8. The third kappa shape index (κ3) is 10.8. The van der Waals surface area contributed by atoms with Crippen LogP contribution in [0.5, 0.6) is 0 Å². The lowest BCUT2D eigenvalue weighted by molar-refractivity contribution is -0.174. The molecule has 0 saturated carbocycles. The Kier molecular flexibility index (Phi) is 9.46. The average Bonchev–Trinajstić information content (AvgIpc) is 2.29. The molecule has 0 aromatic carbocycles. The van der Waals surface area contributed by atoms with Crippen LogP contribution in [0, 0.1) is 5.92 Å². The minimum atomic E-state index is -4.24. The van der Waals surface area contributed by atoms with Gasteiger partial charge in [0.25, 0.3) is 0 Å². The predicted molar refractivity (Wildman–Crippen MR) is 67.4 cm³/mol. The highest BCUT2D eigenvalue weighted by Crippen LogP contribution is 2.19. The van der Waals surface area contributed by atoms with Crippen LogP contribution in [-0.4, -0.2) is 25.4 Å². The van der Waals surface area contributed by atoms with Crippen LogP contribution in [-0.2, 0) is 4.74 Å². The van der Waals surface area contributed by atoms with E-state index in [0.717, 1.165) is 19.3 Å². The van der Waals surface area contributed by atoms with Crippen molar-refractivity contribution in [1.82, 2.24) is 0 Å². The maximum absolute atomic E-state index is 11.8. The molecule has 0 aliphatic heterocycles. The number of ether oxygens (including phenoxy) is 1. The number of nitrogens with two attached hydrogens (primary N) is 1. The first-order valence-corrected chi connectivity index (χ1v) is 6.79. The molecule has 110 valence electrons. The second kappa shape index (κ2) is 9.62. The molecule has 0 saturated heterocycles. The summed E-state index contributed by atoms with van der Waals surface area (Å²) in [5, 5.41) is 0. The summed E-state index contributed by atoms with van der Waals surface area (Å²) in [6.07, 6.45) is 1.74. The van der Waals surface area contributed by atoms with Gasteiger partial charge >= 0.3 is 6.18 Å². The van der Waals surface area contributed by atoms with Crippen LogP contribution >= 0.6 is 0 Å². The van der Waals surface area contributed by atoms with Gasteiger partial charge in [0.2, 0.25) is 0 Å². The smallest absolute Gasteiger partial charge is 0.372 e. The summed E-state index contributed by atoms with van der Waals surface area (Å²) < 4.78 is 40.0. The van der Waals surface area contributed by atoms with Crippen molar-refractivity contribution in [2.24, 2.45) is 11.7 Å². The third-order valence-electron chi connectivity index (χ3n) is 3.08. The average molecular weight is 269 g/mol. The van der Waals surface area contributed by atoms with E-state index in [0.29, 0.717) is 12.3 Å². The van der Waals surface area contributed by atoms with E-state index in [-0.39, 0.29) is 12.6 Å². The van der Waals surface area contributed by atoms with Crippen LogP contribution in [0.3, 0.4) is 0 Å². The number of alkyl halides is 3. The zero-order valence-electron chi connectivity index (χ0n) is 11.4. The summed E-state index contributed by atoms with van der Waals surface area (Å²) in [5.41, 5.74) is 5.91. The molecular formula is C13H26F3NO. The highest BCUT2D eigenvalue weighted by molar-refractivity contribution is 4.68. The summed E-state index contributed by atoms with van der Waals surface area (Å²) >= 11 is 0. The van der Waals surface area contributed by atoms with Crippen molar-refractivity contribution in [3.63, 3.8) is 0 Å². The van der Waals surface area contributed by atoms with Crippen LogP contribution in [0.2, 0.25) is 0 Å². The molecule has 0 amide bonds. The molecule has 2 atom stereocenters. The zero-order chi connectivity index (χ0) is 14.0. The fourth-order valence-electron chi connectivity index (χ4n) is 1.95. The number of hydrogen-bond donors (Lipinski definition) is 1. The minimum absolute atomic E-state index is 0.0555. The van der Waals surface area contributed by atoms with Gasteiger partial charge in [0, 0.05) is 12.6 Å². The first-order chi connectivity index (χ1) is 8.39. The number of unbranched alkanes of at least 4 members (excludes halogenated alkanes) is 1. The lowest BCUT2D eigenvalue weighted by Gasteiger charge is -2.19. The summed E-state index contributed by atoms with van der Waals surface area (Å²) in [6, 6.07) is -0.0555. The first-order valence-electron chi connectivity index (χ1n) is 6.79. The van der Waals surface area contributed by atoms with E-state index in [2.05, 4.69) is 18.6 Å². The molecule has 2 N–H and O–H groups in total. The standard InChI is InChI=1S/C13H26F3NO/c1-3-5-6-11(4-2)9-12(17)7-8-18-10-13(14,15)16/h11-12H,3-10,17H2,1-2H3. The molecule has 0 spiro atoms. The summed E-state index contributed by atoms with van der Waals surface area (Å²) in [7, 11) is 0. The van der Waals surface area contributed by atoms with Gasteiger partial charge in [0.05, 0.1) is 0 Å². The largest absolute Gasteiger partial charge is 0.411 e. The molecule has 18 heavy (non-hydrogen) atoms. The highest BCUT2D eigenvalue weighted by atomic mass is 19.4. The Hall–Kier alpha value is -0.290. The fourth-order valence-corrected chi connectivity index (χ4v) is 1.95. The van der Waals surface area contributed by atoms with Gasteiger partial charge in [-0.05, 0) is 18.8 Å². The Balaban J connectivity index is 3.65. The van der Waals surface area contributed by atoms with Crippen LogP contribution in [0.15, 0.2) is 0 Å². The van der Waals surface area contributed by atoms with Gasteiger partial charge in [0.1, 0.15) is 6.61 Å². The monoisotopic (exact) mass is 269 g/mol. The van der Waals surface area contributed by atoms with Crippen molar-refractivity contribution in [3.05, 3.63) is 0 Å². The summed E-state index contributed by atoms with van der Waals surface area (Å²) in [5.74, 6) is 0.586. The molecule has 0 aromatic rings. The van der Waals surface area contributed by atoms with Crippen molar-refractivity contribution in [1.29, 1.82) is 0 Å². The molecule has 0 aromatic heterocycles. The van der Waals surface area contributed by atoms with Crippen LogP contribution in [0.25, 0.3) is 0 Å². The van der Waals surface area contributed by atoms with Crippen molar-refractivity contribution in [2.75, 3.05) is 13.2 Å². The Bertz CT molecular complexity index is 197. The van der Waals surface area contributed by atoms with Gasteiger partial charge in [-0.3, -0.25) is 0 Å². The maximum Gasteiger partial charge on any atom is 0.411 e. The Morgan fingerprint density at radius 2 is 1.83 bits per heavy atom. The predicted octanol–water partition coefficient (Wildman–Crippen LogP) is 3.89. The molecule has 2 unspecified atom stereocenters. The second-order valence-electron chi connectivity index (χ2n) is 4.87. The van der Waals surface area contributed by atoms with E-state index in [9.17, 15) is 13.2 Å². The zero-order valence-corrected chi connectivity index (χ0v) is 11.4. The van der Waals surface area contributed by atoms with E-state index in [1.165, 1.54) is 12.8 Å². The molecule has 0 aliphatic carbocycles. The number of halogens is 3. The quantitative estimate of drug-likeness (QED) is 0.611. The van der Waals surface area contributed by atoms with Crippen molar-refractivity contribution >= 4 is 0 Å². The van der Waals surface area contributed by atoms with Crippen molar-refractivity contribution < 1.29 is 17.9 Å². The SMILES string of the molecule is CCCCC(CC)CC(N)CCOCC(F)(F)F. The second-order valence-corrected chi connectivity index (χ2v) is 4.87. The lowest BCUT2D eigenvalue weighted by atomic mass is 9.91. The Morgan fingerprint density at radius 1 is 1.17 bits per heavy atom. The van der Waals surface area contributed by atoms with Crippen LogP contribution in [0.4, 0.5) is 13.2 Å². The molecule has 5 heteroatoms. The number of hydrogen-bond acceptors (Lipinski definition) is 2. The highest BCUT2D eigenvalue weighted by Gasteiger charge is 2.27. The van der Waals surface area contributed by atoms with Crippen molar-refractivity contribution in [2.45, 2.75) is 64.6 Å². The molecule has 0 fully saturated rings. The molecule has 0 rings (SSSR count). The van der Waals surface area contributed by atoms with Gasteiger partial charge in [0.15, 0.2) is 0 Å². The normalized spacial score (nSPS) is 15.7. The van der Waals surface area contributed by atoms with Gasteiger partial charge in [-0.1, -0.05) is 39.5 Å². The number of rotatable bonds is 10. The fraction of sp³-hybridized carbons (Fsp3) is 1.00. The summed E-state index contributed by atoms with van der Waals surface area (Å²) in [4.78, 5) is 0. The van der Waals surface area contributed by atoms with Crippen LogP contribution < -0.4 is 5.73 Å². The van der Waals surface area contributed by atoms with E-state index in [4.69, 9.17) is 5.73 Å². The van der Waals surface area contributed by atoms with E-state index >= 15 is 0 Å². The van der Waals surface area contributed by atoms with Gasteiger partial charge in [-0.15, -0.1) is 0 Å². The van der Waals surface area contributed by atoms with Crippen LogP contribution in [0.1, 0.15) is 52.4 Å². The molecule has 0 aliphatic rings. The van der Waals surface area contributed by atoms with E-state index in [1.54, 1.807) is 0 Å². The van der Waals surface area contributed by atoms with Gasteiger partial charge in [-0.2, -0.15) is 13.2 Å². The topological polar surface area (TPSA) is 35.2 Å². The van der Waals surface area contributed by atoms with E-state index in [1.807, 2.05) is 0 Å². The minimum Gasteiger partial charge on any atom is -0.372 e. The lowest BCUT2D eigenvalue weighted by Crippen LogP contribution is -2.26. The molecule has 0 bridgehead atoms. The first kappa shape index (κ1) is 17.7. The molecule has 0 heterocycles. The third-order valence-corrected chi connectivity index (χ3v) is 3.08. The molecule has 2 nitrogen and oxygen atoms in total. The molecular weight excluding hydrogens is 243 g/mol.